The van der Waals surface area contributed by atoms with Crippen LogP contribution in [-0.2, 0) is 0 Å². The maximum absolute atomic E-state index is 13.3. The van der Waals surface area contributed by atoms with E-state index in [0.29, 0.717) is 5.69 Å². The molecule has 0 aliphatic rings. The maximum atomic E-state index is 13.3. The zero-order valence-electron chi connectivity index (χ0n) is 12.8. The molecule has 0 spiro atoms. The molecular formula is C17H23FN2. The van der Waals surface area contributed by atoms with E-state index in [2.05, 4.69) is 19.2 Å². The van der Waals surface area contributed by atoms with Crippen LogP contribution in [0.1, 0.15) is 33.3 Å². The highest BCUT2D eigenvalue weighted by atomic mass is 19.1. The Labute approximate surface area is 120 Å². The molecule has 20 heavy (non-hydrogen) atoms. The van der Waals surface area contributed by atoms with Gasteiger partial charge in [-0.15, -0.1) is 0 Å². The van der Waals surface area contributed by atoms with Crippen LogP contribution in [0.4, 0.5) is 10.1 Å². The lowest BCUT2D eigenvalue weighted by Crippen LogP contribution is -2.04. The maximum Gasteiger partial charge on any atom is 0.123 e. The molecule has 3 N–H and O–H groups in total. The van der Waals surface area contributed by atoms with E-state index >= 15 is 0 Å². The fourth-order valence-corrected chi connectivity index (χ4v) is 1.82. The van der Waals surface area contributed by atoms with Crippen LogP contribution in [0, 0.1) is 5.82 Å². The predicted octanol–water partition coefficient (Wildman–Crippen LogP) is 4.27. The number of nitrogens with two attached hydrogens (primary N) is 1. The monoisotopic (exact) mass is 274 g/mol. The van der Waals surface area contributed by atoms with Gasteiger partial charge >= 0.3 is 0 Å². The van der Waals surface area contributed by atoms with Crippen LogP contribution in [0.15, 0.2) is 47.2 Å². The number of anilines is 1. The van der Waals surface area contributed by atoms with Crippen LogP contribution in [0.25, 0.3) is 5.57 Å². The lowest BCUT2D eigenvalue weighted by atomic mass is 10.0. The molecule has 0 amide bonds. The molecule has 0 saturated heterocycles. The van der Waals surface area contributed by atoms with Gasteiger partial charge in [0.15, 0.2) is 0 Å². The highest BCUT2D eigenvalue weighted by Gasteiger charge is 2.03. The second-order valence-corrected chi connectivity index (χ2v) is 4.93. The molecule has 1 aromatic carbocycles. The number of hydrogen-bond acceptors (Lipinski definition) is 2. The van der Waals surface area contributed by atoms with Gasteiger partial charge in [-0.1, -0.05) is 12.2 Å². The van der Waals surface area contributed by atoms with Crippen molar-refractivity contribution in [1.29, 1.82) is 0 Å². The average Bonchev–Trinajstić information content (AvgIpc) is 2.45. The molecule has 2 nitrogen and oxygen atoms in total. The van der Waals surface area contributed by atoms with Crippen LogP contribution in [0.5, 0.6) is 0 Å². The summed E-state index contributed by atoms with van der Waals surface area (Å²) >= 11 is 0. The van der Waals surface area contributed by atoms with Gasteiger partial charge in [0.2, 0.25) is 0 Å². The number of nitrogen functional groups attached to an aromatic ring is 1. The summed E-state index contributed by atoms with van der Waals surface area (Å²) < 4.78 is 13.3. The van der Waals surface area contributed by atoms with E-state index in [1.54, 1.807) is 6.07 Å². The minimum absolute atomic E-state index is 0.273. The van der Waals surface area contributed by atoms with E-state index < -0.39 is 0 Å². The van der Waals surface area contributed by atoms with Crippen LogP contribution in [-0.4, -0.2) is 7.05 Å². The Bertz CT molecular complexity index is 581. The lowest BCUT2D eigenvalue weighted by molar-refractivity contribution is 0.627. The molecule has 3 heteroatoms. The molecule has 0 aromatic heterocycles. The van der Waals surface area contributed by atoms with Gasteiger partial charge in [0, 0.05) is 24.0 Å². The fourth-order valence-electron chi connectivity index (χ4n) is 1.82. The van der Waals surface area contributed by atoms with Crippen LogP contribution in [0.3, 0.4) is 0 Å². The smallest absolute Gasteiger partial charge is 0.123 e. The molecule has 0 fully saturated rings. The molecule has 0 aliphatic carbocycles. The van der Waals surface area contributed by atoms with Crippen molar-refractivity contribution >= 4 is 11.3 Å². The summed E-state index contributed by atoms with van der Waals surface area (Å²) in [4.78, 5) is 0. The van der Waals surface area contributed by atoms with Gasteiger partial charge in [-0.3, -0.25) is 0 Å². The summed E-state index contributed by atoms with van der Waals surface area (Å²) in [5, 5.41) is 3.13. The van der Waals surface area contributed by atoms with Crippen molar-refractivity contribution in [3.05, 3.63) is 58.6 Å². The van der Waals surface area contributed by atoms with E-state index in [0.717, 1.165) is 22.4 Å². The average molecular weight is 274 g/mol. The molecule has 0 aliphatic heterocycles. The highest BCUT2D eigenvalue weighted by molar-refractivity contribution is 5.74. The summed E-state index contributed by atoms with van der Waals surface area (Å²) in [6, 6.07) is 4.43. The van der Waals surface area contributed by atoms with Crippen molar-refractivity contribution < 1.29 is 4.39 Å². The van der Waals surface area contributed by atoms with Gasteiger partial charge in [-0.2, -0.15) is 0 Å². The number of hydrogen-bond donors (Lipinski definition) is 2. The van der Waals surface area contributed by atoms with Crippen molar-refractivity contribution in [2.75, 3.05) is 12.8 Å². The Morgan fingerprint density at radius 1 is 1.15 bits per heavy atom. The lowest BCUT2D eigenvalue weighted by Gasteiger charge is -2.08. The van der Waals surface area contributed by atoms with Crippen LogP contribution >= 0.6 is 0 Å². The number of halogens is 1. The molecule has 1 rings (SSSR count). The summed E-state index contributed by atoms with van der Waals surface area (Å²) in [5.74, 6) is -0.273. The minimum Gasteiger partial charge on any atom is -0.398 e. The second kappa shape index (κ2) is 6.94. The third-order valence-electron chi connectivity index (χ3n) is 3.55. The number of allylic oxidation sites excluding steroid dienone is 6. The summed E-state index contributed by atoms with van der Waals surface area (Å²) in [6.07, 6.45) is 3.99. The quantitative estimate of drug-likeness (QED) is 0.635. The molecule has 0 bridgehead atoms. The topological polar surface area (TPSA) is 38.0 Å². The van der Waals surface area contributed by atoms with E-state index in [1.165, 1.54) is 17.7 Å². The molecule has 0 saturated carbocycles. The third kappa shape index (κ3) is 3.98. The van der Waals surface area contributed by atoms with Gasteiger partial charge < -0.3 is 11.1 Å². The van der Waals surface area contributed by atoms with Gasteiger partial charge in [-0.25, -0.2) is 4.39 Å². The Morgan fingerprint density at radius 2 is 1.80 bits per heavy atom. The Balaban J connectivity index is 3.09. The van der Waals surface area contributed by atoms with Gasteiger partial charge in [0.25, 0.3) is 0 Å². The summed E-state index contributed by atoms with van der Waals surface area (Å²) in [7, 11) is 1.90. The number of benzene rings is 1. The van der Waals surface area contributed by atoms with Crippen molar-refractivity contribution in [2.45, 2.75) is 27.7 Å². The van der Waals surface area contributed by atoms with Crippen molar-refractivity contribution in [2.24, 2.45) is 0 Å². The highest BCUT2D eigenvalue weighted by Crippen LogP contribution is 2.23. The van der Waals surface area contributed by atoms with Crippen molar-refractivity contribution in [3.63, 3.8) is 0 Å². The zero-order valence-corrected chi connectivity index (χ0v) is 12.8. The summed E-state index contributed by atoms with van der Waals surface area (Å²) in [6.45, 7) is 8.08. The largest absolute Gasteiger partial charge is 0.398 e. The predicted molar refractivity (Wildman–Crippen MR) is 85.7 cm³/mol. The van der Waals surface area contributed by atoms with E-state index in [9.17, 15) is 4.39 Å². The fraction of sp³-hybridized carbons (Fsp3) is 0.294. The van der Waals surface area contributed by atoms with Gasteiger partial charge in [0.05, 0.1) is 0 Å². The number of rotatable bonds is 4. The first-order chi connectivity index (χ1) is 9.36. The van der Waals surface area contributed by atoms with Gasteiger partial charge in [-0.05, 0) is 62.6 Å². The molecule has 0 unspecified atom stereocenters. The van der Waals surface area contributed by atoms with Crippen molar-refractivity contribution in [1.82, 2.24) is 5.32 Å². The molecule has 0 atom stereocenters. The Morgan fingerprint density at radius 3 is 2.40 bits per heavy atom. The van der Waals surface area contributed by atoms with Crippen molar-refractivity contribution in [3.8, 4) is 0 Å². The molecule has 108 valence electrons. The molecule has 1 aromatic rings. The van der Waals surface area contributed by atoms with E-state index in [-0.39, 0.29) is 5.82 Å². The molecular weight excluding hydrogens is 251 g/mol. The second-order valence-electron chi connectivity index (χ2n) is 4.93. The summed E-state index contributed by atoms with van der Waals surface area (Å²) in [5.41, 5.74) is 11.6. The van der Waals surface area contributed by atoms with Gasteiger partial charge in [0.1, 0.15) is 5.82 Å². The van der Waals surface area contributed by atoms with Crippen LogP contribution in [0.2, 0.25) is 0 Å². The van der Waals surface area contributed by atoms with Crippen LogP contribution < -0.4 is 11.1 Å². The first-order valence-electron chi connectivity index (χ1n) is 6.63. The third-order valence-corrected chi connectivity index (χ3v) is 3.55. The van der Waals surface area contributed by atoms with E-state index in [4.69, 9.17) is 5.73 Å². The SMILES string of the molecule is CN\C(C)=C(C)/C(C)=C/C=C(\C)c1cc(F)ccc1N. The first kappa shape index (κ1) is 16.0. The zero-order chi connectivity index (χ0) is 15.3. The normalized spacial score (nSPS) is 14.1. The van der Waals surface area contributed by atoms with E-state index in [1.807, 2.05) is 33.0 Å². The minimum atomic E-state index is -0.273. The molecule has 0 radical (unpaired) electrons. The Hall–Kier alpha value is -2.03. The number of nitrogens with one attached hydrogen (secondary N) is 1. The Kier molecular flexibility index (Phi) is 5.56. The molecule has 0 heterocycles. The standard InChI is InChI=1S/C17H23FN2/c1-11(13(3)14(4)20-5)6-7-12(2)16-10-15(18)8-9-17(16)19/h6-10,20H,19H2,1-5H3/b11-6+,12-7+,14-13-. The first-order valence-corrected chi connectivity index (χ1v) is 6.63.